The molecular weight excluding hydrogens is 394 g/mol. The third-order valence-electron chi connectivity index (χ3n) is 5.28. The summed E-state index contributed by atoms with van der Waals surface area (Å²) in [7, 11) is 0. The van der Waals surface area contributed by atoms with E-state index in [1.165, 1.54) is 0 Å². The summed E-state index contributed by atoms with van der Waals surface area (Å²) in [6, 6.07) is 15.6. The molecule has 0 saturated heterocycles. The number of carboxylic acid groups (broad SMARTS) is 1. The van der Waals surface area contributed by atoms with Crippen molar-refractivity contribution in [2.75, 3.05) is 13.2 Å². The number of aliphatic carboxylic acids is 1. The topological polar surface area (TPSA) is 81.8 Å². The Bertz CT molecular complexity index is 1010. The first-order chi connectivity index (χ1) is 14.9. The molecule has 0 aliphatic heterocycles. The van der Waals surface area contributed by atoms with Crippen molar-refractivity contribution >= 4 is 5.97 Å². The summed E-state index contributed by atoms with van der Waals surface area (Å²) in [6.07, 6.45) is -0.240. The van der Waals surface area contributed by atoms with Gasteiger partial charge in [0.1, 0.15) is 11.5 Å². The molecule has 1 heterocycles. The maximum atomic E-state index is 11.5. The van der Waals surface area contributed by atoms with Gasteiger partial charge in [-0.1, -0.05) is 37.3 Å². The SMILES string of the molecule is CCO[C@H](C(=O)O)C(C)c1ccc(OCCc2nc(-c3ccccc3)oc2C)c(C)c1. The number of carboxylic acids is 1. The predicted molar refractivity (Wildman–Crippen MR) is 119 cm³/mol. The van der Waals surface area contributed by atoms with Crippen LogP contribution in [0.2, 0.25) is 0 Å². The van der Waals surface area contributed by atoms with Gasteiger partial charge < -0.3 is 19.0 Å². The first-order valence-corrected chi connectivity index (χ1v) is 10.5. The number of rotatable bonds is 10. The lowest BCUT2D eigenvalue weighted by Gasteiger charge is -2.21. The lowest BCUT2D eigenvalue weighted by Crippen LogP contribution is -2.29. The van der Waals surface area contributed by atoms with E-state index in [-0.39, 0.29) is 5.92 Å². The molecule has 31 heavy (non-hydrogen) atoms. The van der Waals surface area contributed by atoms with Crippen LogP contribution in [-0.2, 0) is 16.0 Å². The Hall–Kier alpha value is -3.12. The minimum Gasteiger partial charge on any atom is -0.493 e. The van der Waals surface area contributed by atoms with E-state index >= 15 is 0 Å². The van der Waals surface area contributed by atoms with Gasteiger partial charge in [-0.05, 0) is 50.1 Å². The molecule has 1 aromatic heterocycles. The minimum absolute atomic E-state index is 0.264. The van der Waals surface area contributed by atoms with Crippen molar-refractivity contribution in [2.24, 2.45) is 0 Å². The lowest BCUT2D eigenvalue weighted by molar-refractivity contribution is -0.151. The summed E-state index contributed by atoms with van der Waals surface area (Å²) in [4.78, 5) is 16.1. The number of nitrogens with zero attached hydrogens (tertiary/aromatic N) is 1. The fourth-order valence-electron chi connectivity index (χ4n) is 3.52. The van der Waals surface area contributed by atoms with Crippen molar-refractivity contribution in [1.82, 2.24) is 4.98 Å². The van der Waals surface area contributed by atoms with E-state index in [0.717, 1.165) is 33.9 Å². The molecular formula is C25H29NO5. The molecule has 0 saturated carbocycles. The van der Waals surface area contributed by atoms with Gasteiger partial charge in [-0.3, -0.25) is 0 Å². The number of oxazole rings is 1. The van der Waals surface area contributed by atoms with Crippen molar-refractivity contribution in [1.29, 1.82) is 0 Å². The summed E-state index contributed by atoms with van der Waals surface area (Å²) in [5, 5.41) is 9.42. The highest BCUT2D eigenvalue weighted by atomic mass is 16.5. The highest BCUT2D eigenvalue weighted by molar-refractivity contribution is 5.73. The third-order valence-corrected chi connectivity index (χ3v) is 5.28. The van der Waals surface area contributed by atoms with Gasteiger partial charge >= 0.3 is 5.97 Å². The average molecular weight is 424 g/mol. The van der Waals surface area contributed by atoms with Crippen molar-refractivity contribution in [3.63, 3.8) is 0 Å². The Morgan fingerprint density at radius 1 is 1.16 bits per heavy atom. The highest BCUT2D eigenvalue weighted by Gasteiger charge is 2.26. The Labute approximate surface area is 182 Å². The minimum atomic E-state index is -0.954. The van der Waals surface area contributed by atoms with Crippen LogP contribution >= 0.6 is 0 Å². The smallest absolute Gasteiger partial charge is 0.333 e. The predicted octanol–water partition coefficient (Wildman–Crippen LogP) is 5.17. The summed E-state index contributed by atoms with van der Waals surface area (Å²) < 4.78 is 17.2. The largest absolute Gasteiger partial charge is 0.493 e. The second-order valence-corrected chi connectivity index (χ2v) is 7.51. The number of hydrogen-bond acceptors (Lipinski definition) is 5. The van der Waals surface area contributed by atoms with E-state index in [1.807, 2.05) is 69.3 Å². The highest BCUT2D eigenvalue weighted by Crippen LogP contribution is 2.28. The van der Waals surface area contributed by atoms with Crippen LogP contribution in [0.4, 0.5) is 0 Å². The molecule has 6 nitrogen and oxygen atoms in total. The lowest BCUT2D eigenvalue weighted by atomic mass is 9.93. The van der Waals surface area contributed by atoms with Gasteiger partial charge in [-0.15, -0.1) is 0 Å². The number of aryl methyl sites for hydroxylation is 2. The molecule has 1 N–H and O–H groups in total. The number of benzene rings is 2. The maximum Gasteiger partial charge on any atom is 0.333 e. The molecule has 0 spiro atoms. The normalized spacial score (nSPS) is 13.0. The number of ether oxygens (including phenoxy) is 2. The van der Waals surface area contributed by atoms with E-state index < -0.39 is 12.1 Å². The second-order valence-electron chi connectivity index (χ2n) is 7.51. The van der Waals surface area contributed by atoms with Crippen LogP contribution in [-0.4, -0.2) is 35.4 Å². The Morgan fingerprint density at radius 2 is 1.90 bits per heavy atom. The molecule has 3 aromatic rings. The number of aromatic nitrogens is 1. The fraction of sp³-hybridized carbons (Fsp3) is 0.360. The molecule has 0 aliphatic rings. The van der Waals surface area contributed by atoms with E-state index in [1.54, 1.807) is 6.92 Å². The molecule has 0 bridgehead atoms. The van der Waals surface area contributed by atoms with Gasteiger partial charge in [0, 0.05) is 24.5 Å². The Balaban J connectivity index is 1.63. The van der Waals surface area contributed by atoms with Gasteiger partial charge in [0.25, 0.3) is 0 Å². The standard InChI is InChI=1S/C25H29NO5/c1-5-29-23(25(27)28)17(3)20-11-12-22(16(2)15-20)30-14-13-21-18(4)31-24(26-21)19-9-7-6-8-10-19/h6-12,15,17,23H,5,13-14H2,1-4H3,(H,27,28)/t17?,23-/m0/s1. The molecule has 0 fully saturated rings. The van der Waals surface area contributed by atoms with Crippen molar-refractivity contribution < 1.29 is 23.8 Å². The molecule has 2 aromatic carbocycles. The van der Waals surface area contributed by atoms with Gasteiger partial charge in [-0.25, -0.2) is 9.78 Å². The van der Waals surface area contributed by atoms with Crippen molar-refractivity contribution in [3.05, 3.63) is 71.1 Å². The summed E-state index contributed by atoms with van der Waals surface area (Å²) in [6.45, 7) is 8.35. The summed E-state index contributed by atoms with van der Waals surface area (Å²) >= 11 is 0. The van der Waals surface area contributed by atoms with E-state index in [4.69, 9.17) is 13.9 Å². The molecule has 0 radical (unpaired) electrons. The number of hydrogen-bond donors (Lipinski definition) is 1. The van der Waals surface area contributed by atoms with E-state index in [0.29, 0.717) is 25.5 Å². The first-order valence-electron chi connectivity index (χ1n) is 10.5. The van der Waals surface area contributed by atoms with Crippen LogP contribution < -0.4 is 4.74 Å². The average Bonchev–Trinajstić information content (AvgIpc) is 3.13. The van der Waals surface area contributed by atoms with Gasteiger partial charge in [0.2, 0.25) is 5.89 Å². The zero-order chi connectivity index (χ0) is 22.4. The van der Waals surface area contributed by atoms with Crippen LogP contribution in [0.3, 0.4) is 0 Å². The monoisotopic (exact) mass is 423 g/mol. The van der Waals surface area contributed by atoms with Crippen LogP contribution in [0.1, 0.15) is 42.3 Å². The molecule has 164 valence electrons. The van der Waals surface area contributed by atoms with Gasteiger partial charge in [0.15, 0.2) is 6.10 Å². The summed E-state index contributed by atoms with van der Waals surface area (Å²) in [5.74, 6) is 0.956. The van der Waals surface area contributed by atoms with E-state index in [2.05, 4.69) is 4.98 Å². The van der Waals surface area contributed by atoms with Crippen molar-refractivity contribution in [3.8, 4) is 17.2 Å². The van der Waals surface area contributed by atoms with Crippen LogP contribution in [0.25, 0.3) is 11.5 Å². The van der Waals surface area contributed by atoms with Crippen LogP contribution in [0, 0.1) is 13.8 Å². The zero-order valence-electron chi connectivity index (χ0n) is 18.4. The molecule has 0 amide bonds. The van der Waals surface area contributed by atoms with Gasteiger partial charge in [-0.2, -0.15) is 0 Å². The molecule has 0 aliphatic carbocycles. The first kappa shape index (κ1) is 22.6. The Morgan fingerprint density at radius 3 is 2.55 bits per heavy atom. The maximum absolute atomic E-state index is 11.5. The van der Waals surface area contributed by atoms with Crippen LogP contribution in [0.5, 0.6) is 5.75 Å². The molecule has 2 atom stereocenters. The Kier molecular flexibility index (Phi) is 7.47. The second kappa shape index (κ2) is 10.3. The molecule has 1 unspecified atom stereocenters. The quantitative estimate of drug-likeness (QED) is 0.484. The third kappa shape index (κ3) is 5.52. The molecule has 6 heteroatoms. The zero-order valence-corrected chi connectivity index (χ0v) is 18.4. The van der Waals surface area contributed by atoms with E-state index in [9.17, 15) is 9.90 Å². The summed E-state index contributed by atoms with van der Waals surface area (Å²) in [5.41, 5.74) is 3.69. The fourth-order valence-corrected chi connectivity index (χ4v) is 3.52. The molecule has 3 rings (SSSR count). The van der Waals surface area contributed by atoms with Gasteiger partial charge in [0.05, 0.1) is 12.3 Å². The number of carbonyl (C=O) groups is 1. The van der Waals surface area contributed by atoms with Crippen LogP contribution in [0.15, 0.2) is 52.9 Å². The van der Waals surface area contributed by atoms with Crippen molar-refractivity contribution in [2.45, 2.75) is 46.1 Å².